The average molecular weight is 236 g/mol. The van der Waals surface area contributed by atoms with E-state index in [4.69, 9.17) is 21.9 Å². The lowest BCUT2D eigenvalue weighted by Crippen LogP contribution is -1.84. The third-order valence-electron chi connectivity index (χ3n) is 1.78. The maximum absolute atomic E-state index is 8.06. The predicted octanol–water partition coefficient (Wildman–Crippen LogP) is 3.40. The first-order chi connectivity index (χ1) is 7.77. The Morgan fingerprint density at radius 3 is 3.00 bits per heavy atom. The van der Waals surface area contributed by atoms with Crippen LogP contribution < -0.4 is 4.74 Å². The summed E-state index contributed by atoms with van der Waals surface area (Å²) in [5, 5.41) is 3.91. The van der Waals surface area contributed by atoms with E-state index in [1.54, 1.807) is 19.2 Å². The smallest absolute Gasteiger partial charge is 0.137 e. The number of benzene rings is 1. The molecule has 5 heteroatoms. The first-order valence-electron chi connectivity index (χ1n) is 4.61. The molecule has 0 unspecified atom stereocenters. The fraction of sp³-hybridized carbons (Fsp3) is 0.273. The number of halogens is 1. The van der Waals surface area contributed by atoms with Crippen LogP contribution >= 0.6 is 11.6 Å². The average Bonchev–Trinajstić information content (AvgIpc) is 2.29. The molecule has 0 atom stereocenters. The minimum atomic E-state index is 0.382. The van der Waals surface area contributed by atoms with Gasteiger partial charge in [-0.1, -0.05) is 28.6 Å². The summed E-state index contributed by atoms with van der Waals surface area (Å²) in [7, 11) is 1.56. The predicted molar refractivity (Wildman–Crippen MR) is 63.5 cm³/mol. The first-order valence-corrected chi connectivity index (χ1v) is 4.99. The van der Waals surface area contributed by atoms with Gasteiger partial charge >= 0.3 is 0 Å². The molecule has 0 amide bonds. The highest BCUT2D eigenvalue weighted by Crippen LogP contribution is 2.24. The summed E-state index contributed by atoms with van der Waals surface area (Å²) in [6.45, 7) is 0.382. The number of hydrogen-bond donors (Lipinski definition) is 0. The molecule has 1 aromatic rings. The largest absolute Gasteiger partial charge is 0.495 e. The molecule has 0 radical (unpaired) electrons. The highest BCUT2D eigenvalue weighted by molar-refractivity contribution is 6.32. The van der Waals surface area contributed by atoms with E-state index in [1.807, 2.05) is 6.07 Å². The van der Waals surface area contributed by atoms with E-state index in [1.165, 1.54) is 0 Å². The molecule has 0 aliphatic heterocycles. The van der Waals surface area contributed by atoms with Gasteiger partial charge in [-0.25, -0.2) is 0 Å². The Morgan fingerprint density at radius 1 is 1.56 bits per heavy atom. The molecular formula is C11H10ClN3O. The molecule has 4 nitrogen and oxygen atoms in total. The van der Waals surface area contributed by atoms with Crippen LogP contribution in [0.5, 0.6) is 5.75 Å². The van der Waals surface area contributed by atoms with Crippen LogP contribution in [0.15, 0.2) is 23.3 Å². The van der Waals surface area contributed by atoms with Crippen molar-refractivity contribution in [1.29, 1.82) is 0 Å². The van der Waals surface area contributed by atoms with Crippen LogP contribution in [0.1, 0.15) is 12.0 Å². The van der Waals surface area contributed by atoms with E-state index in [2.05, 4.69) is 21.9 Å². The lowest BCUT2D eigenvalue weighted by Gasteiger charge is -2.01. The van der Waals surface area contributed by atoms with E-state index in [9.17, 15) is 0 Å². The van der Waals surface area contributed by atoms with Crippen LogP contribution in [0.3, 0.4) is 0 Å². The second-order valence-corrected chi connectivity index (χ2v) is 3.26. The first kappa shape index (κ1) is 12.3. The summed E-state index contributed by atoms with van der Waals surface area (Å²) in [6, 6.07) is 5.33. The standard InChI is InChI=1S/C11H10ClN3O/c1-16-11-6-5-9(8-10(11)12)4-2-3-7-14-15-13/h5-6,8H,3,7H2,1H3. The van der Waals surface area contributed by atoms with Crippen molar-refractivity contribution in [3.63, 3.8) is 0 Å². The molecule has 0 spiro atoms. The summed E-state index contributed by atoms with van der Waals surface area (Å²) < 4.78 is 5.02. The van der Waals surface area contributed by atoms with E-state index < -0.39 is 0 Å². The number of azide groups is 1. The van der Waals surface area contributed by atoms with Gasteiger partial charge in [0.05, 0.1) is 12.1 Å². The van der Waals surface area contributed by atoms with Gasteiger partial charge in [0.25, 0.3) is 0 Å². The van der Waals surface area contributed by atoms with Crippen molar-refractivity contribution >= 4 is 11.6 Å². The summed E-state index contributed by atoms with van der Waals surface area (Å²) in [5.74, 6) is 6.44. The molecule has 1 aromatic carbocycles. The van der Waals surface area contributed by atoms with E-state index in [-0.39, 0.29) is 0 Å². The van der Waals surface area contributed by atoms with Gasteiger partial charge in [0.1, 0.15) is 5.75 Å². The monoisotopic (exact) mass is 235 g/mol. The molecule has 0 heterocycles. The molecule has 0 saturated carbocycles. The Labute approximate surface area is 98.8 Å². The Balaban J connectivity index is 2.67. The second kappa shape index (κ2) is 6.62. The maximum atomic E-state index is 8.06. The van der Waals surface area contributed by atoms with Gasteiger partial charge in [-0.05, 0) is 23.7 Å². The Morgan fingerprint density at radius 2 is 2.38 bits per heavy atom. The number of hydrogen-bond acceptors (Lipinski definition) is 2. The van der Waals surface area contributed by atoms with E-state index in [0.29, 0.717) is 23.7 Å². The number of nitrogens with zero attached hydrogens (tertiary/aromatic N) is 3. The van der Waals surface area contributed by atoms with Crippen molar-refractivity contribution in [3.8, 4) is 17.6 Å². The van der Waals surface area contributed by atoms with Crippen LogP contribution in [-0.2, 0) is 0 Å². The SMILES string of the molecule is COc1ccc(C#CCCN=[N+]=[N-])cc1Cl. The van der Waals surface area contributed by atoms with Crippen molar-refractivity contribution in [1.82, 2.24) is 0 Å². The molecule has 0 saturated heterocycles. The van der Waals surface area contributed by atoms with Gasteiger partial charge in [-0.3, -0.25) is 0 Å². The van der Waals surface area contributed by atoms with Crippen molar-refractivity contribution in [2.45, 2.75) is 6.42 Å². The zero-order valence-electron chi connectivity index (χ0n) is 8.77. The Bertz CT molecular complexity index is 470. The summed E-state index contributed by atoms with van der Waals surface area (Å²) in [5.41, 5.74) is 8.87. The second-order valence-electron chi connectivity index (χ2n) is 2.86. The van der Waals surface area contributed by atoms with Gasteiger partial charge in [0, 0.05) is 23.4 Å². The molecule has 0 aromatic heterocycles. The molecule has 0 aliphatic rings. The molecular weight excluding hydrogens is 226 g/mol. The van der Waals surface area contributed by atoms with Gasteiger partial charge in [-0.2, -0.15) is 0 Å². The zero-order chi connectivity index (χ0) is 11.8. The summed E-state index contributed by atoms with van der Waals surface area (Å²) >= 11 is 5.93. The molecule has 0 fully saturated rings. The van der Waals surface area contributed by atoms with Crippen LogP contribution in [-0.4, -0.2) is 13.7 Å². The van der Waals surface area contributed by atoms with Crippen molar-refractivity contribution in [2.24, 2.45) is 5.11 Å². The Hall–Kier alpha value is -1.82. The molecule has 0 N–H and O–H groups in total. The van der Waals surface area contributed by atoms with Crippen LogP contribution in [0.25, 0.3) is 10.4 Å². The van der Waals surface area contributed by atoms with Crippen molar-refractivity contribution in [3.05, 3.63) is 39.2 Å². The van der Waals surface area contributed by atoms with Crippen molar-refractivity contribution in [2.75, 3.05) is 13.7 Å². The van der Waals surface area contributed by atoms with Crippen molar-refractivity contribution < 1.29 is 4.74 Å². The normalized spacial score (nSPS) is 8.62. The van der Waals surface area contributed by atoms with Gasteiger partial charge < -0.3 is 4.74 Å². The highest BCUT2D eigenvalue weighted by atomic mass is 35.5. The zero-order valence-corrected chi connectivity index (χ0v) is 9.53. The molecule has 16 heavy (non-hydrogen) atoms. The summed E-state index contributed by atoms with van der Waals surface area (Å²) in [6.07, 6.45) is 0.535. The fourth-order valence-electron chi connectivity index (χ4n) is 1.06. The third-order valence-corrected chi connectivity index (χ3v) is 2.08. The van der Waals surface area contributed by atoms with Crippen LogP contribution in [0, 0.1) is 11.8 Å². The topological polar surface area (TPSA) is 58.0 Å². The highest BCUT2D eigenvalue weighted by Gasteiger charge is 1.99. The quantitative estimate of drug-likeness (QED) is 0.260. The van der Waals surface area contributed by atoms with Gasteiger partial charge in [-0.15, -0.1) is 0 Å². The lowest BCUT2D eigenvalue weighted by molar-refractivity contribution is 0.415. The van der Waals surface area contributed by atoms with E-state index in [0.717, 1.165) is 5.56 Å². The third kappa shape index (κ3) is 3.74. The fourth-order valence-corrected chi connectivity index (χ4v) is 1.32. The minimum Gasteiger partial charge on any atom is -0.495 e. The Kier molecular flexibility index (Phi) is 5.07. The lowest BCUT2D eigenvalue weighted by atomic mass is 10.2. The number of ether oxygens (including phenoxy) is 1. The van der Waals surface area contributed by atoms with Crippen LogP contribution in [0.2, 0.25) is 5.02 Å². The maximum Gasteiger partial charge on any atom is 0.137 e. The van der Waals surface area contributed by atoms with E-state index >= 15 is 0 Å². The van der Waals surface area contributed by atoms with Gasteiger partial charge in [0.2, 0.25) is 0 Å². The molecule has 82 valence electrons. The molecule has 0 bridgehead atoms. The summed E-state index contributed by atoms with van der Waals surface area (Å²) in [4.78, 5) is 2.64. The number of methoxy groups -OCH3 is 1. The van der Waals surface area contributed by atoms with Crippen LogP contribution in [0.4, 0.5) is 0 Å². The molecule has 0 aliphatic carbocycles. The van der Waals surface area contributed by atoms with Gasteiger partial charge in [0.15, 0.2) is 0 Å². The minimum absolute atomic E-state index is 0.382. The number of rotatable bonds is 3. The molecule has 1 rings (SSSR count).